The van der Waals surface area contributed by atoms with E-state index in [1.54, 1.807) is 0 Å². The fourth-order valence-electron chi connectivity index (χ4n) is 4.35. The third kappa shape index (κ3) is 6.30. The fraction of sp³-hybridized carbons (Fsp3) is 0.296. The van der Waals surface area contributed by atoms with Crippen LogP contribution in [-0.4, -0.2) is 31.7 Å². The molecule has 5 nitrogen and oxygen atoms in total. The highest BCUT2D eigenvalue weighted by Crippen LogP contribution is 2.24. The molecule has 0 bridgehead atoms. The zero-order valence-electron chi connectivity index (χ0n) is 18.6. The maximum atomic E-state index is 13.1. The molecule has 1 saturated heterocycles. The van der Waals surface area contributed by atoms with Gasteiger partial charge in [-0.05, 0) is 36.0 Å². The summed E-state index contributed by atoms with van der Waals surface area (Å²) in [5.74, 6) is -0.187. The summed E-state index contributed by atoms with van der Waals surface area (Å²) in [4.78, 5) is 13.1. The van der Waals surface area contributed by atoms with Crippen LogP contribution in [0.25, 0.3) is 0 Å². The summed E-state index contributed by atoms with van der Waals surface area (Å²) in [6, 6.07) is 29.2. The van der Waals surface area contributed by atoms with Gasteiger partial charge in [0, 0.05) is 19.0 Å². The second-order valence-corrected chi connectivity index (χ2v) is 10.5. The predicted molar refractivity (Wildman–Crippen MR) is 131 cm³/mol. The van der Waals surface area contributed by atoms with Crippen molar-refractivity contribution in [3.05, 3.63) is 108 Å². The minimum absolute atomic E-state index is 0.000100. The lowest BCUT2D eigenvalue weighted by Crippen LogP contribution is -2.44. The summed E-state index contributed by atoms with van der Waals surface area (Å²) in [6.07, 6.45) is 1.78. The Kier molecular flexibility index (Phi) is 7.57. The Morgan fingerprint density at radius 1 is 0.818 bits per heavy atom. The van der Waals surface area contributed by atoms with Gasteiger partial charge in [0.1, 0.15) is 0 Å². The van der Waals surface area contributed by atoms with E-state index in [1.807, 2.05) is 78.9 Å². The van der Waals surface area contributed by atoms with E-state index in [9.17, 15) is 13.2 Å². The van der Waals surface area contributed by atoms with Crippen molar-refractivity contribution in [3.63, 3.8) is 0 Å². The maximum absolute atomic E-state index is 13.1. The highest BCUT2D eigenvalue weighted by Gasteiger charge is 2.32. The van der Waals surface area contributed by atoms with Gasteiger partial charge >= 0.3 is 0 Å². The van der Waals surface area contributed by atoms with E-state index in [0.29, 0.717) is 32.4 Å². The Hall–Kier alpha value is -2.96. The lowest BCUT2D eigenvalue weighted by Gasteiger charge is -2.31. The van der Waals surface area contributed by atoms with Crippen LogP contribution in [0.2, 0.25) is 0 Å². The van der Waals surface area contributed by atoms with Crippen molar-refractivity contribution in [1.29, 1.82) is 0 Å². The van der Waals surface area contributed by atoms with Gasteiger partial charge in [-0.15, -0.1) is 0 Å². The smallest absolute Gasteiger partial charge is 0.223 e. The third-order valence-corrected chi connectivity index (χ3v) is 8.06. The van der Waals surface area contributed by atoms with Gasteiger partial charge in [0.2, 0.25) is 15.9 Å². The summed E-state index contributed by atoms with van der Waals surface area (Å²) in [6.45, 7) is 0.754. The van der Waals surface area contributed by atoms with Crippen LogP contribution in [0.15, 0.2) is 91.0 Å². The van der Waals surface area contributed by atoms with Crippen molar-refractivity contribution >= 4 is 15.9 Å². The average Bonchev–Trinajstić information content (AvgIpc) is 2.85. The number of carbonyl (C=O) groups is 1. The molecule has 1 aliphatic rings. The Morgan fingerprint density at radius 2 is 1.33 bits per heavy atom. The molecule has 1 unspecified atom stereocenters. The van der Waals surface area contributed by atoms with E-state index in [2.05, 4.69) is 17.4 Å². The van der Waals surface area contributed by atoms with Crippen molar-refractivity contribution in [1.82, 2.24) is 9.62 Å². The standard InChI is InChI=1S/C27H30N2O3S/c30-27(28-26(24-14-8-3-9-15-24)20-22-10-4-1-5-11-22)25-16-18-29(19-17-25)33(31,32)21-23-12-6-2-7-13-23/h1-15,25-26H,16-21H2,(H,28,30). The van der Waals surface area contributed by atoms with Gasteiger partial charge in [-0.2, -0.15) is 0 Å². The van der Waals surface area contributed by atoms with Gasteiger partial charge in [0.05, 0.1) is 11.8 Å². The van der Waals surface area contributed by atoms with Crippen molar-refractivity contribution in [2.24, 2.45) is 5.92 Å². The van der Waals surface area contributed by atoms with Gasteiger partial charge in [0.25, 0.3) is 0 Å². The molecule has 0 aromatic heterocycles. The number of amides is 1. The number of rotatable bonds is 8. The predicted octanol–water partition coefficient (Wildman–Crippen LogP) is 4.33. The molecule has 1 fully saturated rings. The van der Waals surface area contributed by atoms with Crippen LogP contribution in [0, 0.1) is 5.92 Å². The number of hydrogen-bond acceptors (Lipinski definition) is 3. The monoisotopic (exact) mass is 462 g/mol. The van der Waals surface area contributed by atoms with Crippen LogP contribution < -0.4 is 5.32 Å². The van der Waals surface area contributed by atoms with E-state index >= 15 is 0 Å². The van der Waals surface area contributed by atoms with Gasteiger partial charge in [-0.25, -0.2) is 12.7 Å². The molecule has 1 atom stereocenters. The summed E-state index contributed by atoms with van der Waals surface area (Å²) >= 11 is 0. The molecule has 3 aromatic rings. The first-order valence-electron chi connectivity index (χ1n) is 11.4. The molecule has 0 spiro atoms. The molecular weight excluding hydrogens is 432 g/mol. The number of hydrogen-bond donors (Lipinski definition) is 1. The molecule has 6 heteroatoms. The van der Waals surface area contributed by atoms with E-state index < -0.39 is 10.0 Å². The molecule has 0 radical (unpaired) electrons. The maximum Gasteiger partial charge on any atom is 0.223 e. The normalized spacial score (nSPS) is 16.2. The van der Waals surface area contributed by atoms with Crippen molar-refractivity contribution in [2.75, 3.05) is 13.1 Å². The first-order chi connectivity index (χ1) is 16.0. The molecule has 0 saturated carbocycles. The summed E-state index contributed by atoms with van der Waals surface area (Å²) in [5, 5.41) is 3.24. The average molecular weight is 463 g/mol. The quantitative estimate of drug-likeness (QED) is 0.542. The Morgan fingerprint density at radius 3 is 1.91 bits per heavy atom. The van der Waals surface area contributed by atoms with E-state index in [0.717, 1.165) is 16.7 Å². The zero-order chi connectivity index (χ0) is 23.1. The van der Waals surface area contributed by atoms with E-state index in [1.165, 1.54) is 4.31 Å². The molecule has 33 heavy (non-hydrogen) atoms. The molecule has 4 rings (SSSR count). The third-order valence-electron chi connectivity index (χ3n) is 6.21. The first-order valence-corrected chi connectivity index (χ1v) is 13.0. The number of sulfonamides is 1. The van der Waals surface area contributed by atoms with Gasteiger partial charge < -0.3 is 5.32 Å². The zero-order valence-corrected chi connectivity index (χ0v) is 19.5. The summed E-state index contributed by atoms with van der Waals surface area (Å²) in [7, 11) is -3.39. The van der Waals surface area contributed by atoms with Crippen LogP contribution in [0.4, 0.5) is 0 Å². The lowest BCUT2D eigenvalue weighted by atomic mass is 9.94. The van der Waals surface area contributed by atoms with Crippen LogP contribution in [-0.2, 0) is 27.0 Å². The summed E-state index contributed by atoms with van der Waals surface area (Å²) in [5.41, 5.74) is 3.01. The molecule has 0 aliphatic carbocycles. The van der Waals surface area contributed by atoms with Gasteiger partial charge in [0.15, 0.2) is 0 Å². The Bertz CT molecular complexity index is 1130. The second-order valence-electron chi connectivity index (χ2n) is 8.58. The van der Waals surface area contributed by atoms with Crippen molar-refractivity contribution in [3.8, 4) is 0 Å². The van der Waals surface area contributed by atoms with Crippen molar-refractivity contribution in [2.45, 2.75) is 31.1 Å². The largest absolute Gasteiger partial charge is 0.349 e. The Labute approximate surface area is 196 Å². The first kappa shape index (κ1) is 23.2. The van der Waals surface area contributed by atoms with Crippen LogP contribution >= 0.6 is 0 Å². The molecular formula is C27H30N2O3S. The van der Waals surface area contributed by atoms with Gasteiger partial charge in [-0.3, -0.25) is 4.79 Å². The van der Waals surface area contributed by atoms with E-state index in [4.69, 9.17) is 0 Å². The molecule has 172 valence electrons. The number of carbonyl (C=O) groups excluding carboxylic acids is 1. The highest BCUT2D eigenvalue weighted by atomic mass is 32.2. The fourth-order valence-corrected chi connectivity index (χ4v) is 5.91. The lowest BCUT2D eigenvalue weighted by molar-refractivity contribution is -0.126. The second kappa shape index (κ2) is 10.8. The number of nitrogens with one attached hydrogen (secondary N) is 1. The molecule has 1 N–H and O–H groups in total. The summed E-state index contributed by atoms with van der Waals surface area (Å²) < 4.78 is 27.2. The number of nitrogens with zero attached hydrogens (tertiary/aromatic N) is 1. The van der Waals surface area contributed by atoms with Crippen molar-refractivity contribution < 1.29 is 13.2 Å². The molecule has 1 amide bonds. The molecule has 3 aromatic carbocycles. The minimum Gasteiger partial charge on any atom is -0.349 e. The van der Waals surface area contributed by atoms with Crippen LogP contribution in [0.5, 0.6) is 0 Å². The highest BCUT2D eigenvalue weighted by molar-refractivity contribution is 7.88. The topological polar surface area (TPSA) is 66.5 Å². The van der Waals surface area contributed by atoms with E-state index in [-0.39, 0.29) is 23.6 Å². The number of piperidine rings is 1. The van der Waals surface area contributed by atoms with Gasteiger partial charge in [-0.1, -0.05) is 91.0 Å². The molecule has 1 heterocycles. The minimum atomic E-state index is -3.39. The SMILES string of the molecule is O=C(NC(Cc1ccccc1)c1ccccc1)C1CCN(S(=O)(=O)Cc2ccccc2)CC1. The Balaban J connectivity index is 1.37. The van der Waals surface area contributed by atoms with Crippen LogP contribution in [0.3, 0.4) is 0 Å². The van der Waals surface area contributed by atoms with Crippen LogP contribution in [0.1, 0.15) is 35.6 Å². The number of benzene rings is 3. The molecule has 1 aliphatic heterocycles.